The zero-order valence-electron chi connectivity index (χ0n) is 17.4. The predicted molar refractivity (Wildman–Crippen MR) is 118 cm³/mol. The van der Waals surface area contributed by atoms with E-state index in [2.05, 4.69) is 15.4 Å². The van der Waals surface area contributed by atoms with E-state index < -0.39 is 10.0 Å². The fourth-order valence-electron chi connectivity index (χ4n) is 3.75. The van der Waals surface area contributed by atoms with E-state index in [4.69, 9.17) is 0 Å². The lowest BCUT2D eigenvalue weighted by atomic mass is 9.82. The quantitative estimate of drug-likeness (QED) is 0.599. The molecule has 0 spiro atoms. The molecule has 0 unspecified atom stereocenters. The molecule has 1 aliphatic rings. The van der Waals surface area contributed by atoms with Crippen molar-refractivity contribution in [3.8, 4) is 0 Å². The molecule has 6 nitrogen and oxygen atoms in total. The summed E-state index contributed by atoms with van der Waals surface area (Å²) in [5.74, 6) is 0.783. The van der Waals surface area contributed by atoms with Gasteiger partial charge in [0.2, 0.25) is 10.0 Å². The van der Waals surface area contributed by atoms with Crippen molar-refractivity contribution < 1.29 is 13.2 Å². The summed E-state index contributed by atoms with van der Waals surface area (Å²) < 4.78 is 27.6. The highest BCUT2D eigenvalue weighted by Gasteiger charge is 2.23. The number of hydrogen-bond acceptors (Lipinski definition) is 3. The SMILES string of the molecule is Cc1ccc(S(=O)(=O)NCC2CCC(CNC(=O)NCc3ccccc3)CC2)cc1. The molecule has 30 heavy (non-hydrogen) atoms. The number of nitrogens with one attached hydrogen (secondary N) is 3. The largest absolute Gasteiger partial charge is 0.338 e. The summed E-state index contributed by atoms with van der Waals surface area (Å²) in [6.07, 6.45) is 3.93. The van der Waals surface area contributed by atoms with Crippen LogP contribution in [0.4, 0.5) is 4.79 Å². The molecule has 1 aliphatic carbocycles. The van der Waals surface area contributed by atoms with E-state index in [0.717, 1.165) is 36.8 Å². The Kier molecular flexibility index (Phi) is 7.87. The molecule has 2 aromatic rings. The van der Waals surface area contributed by atoms with Crippen molar-refractivity contribution in [2.24, 2.45) is 11.8 Å². The molecule has 3 N–H and O–H groups in total. The third-order valence-electron chi connectivity index (χ3n) is 5.71. The Morgan fingerprint density at radius 1 is 0.867 bits per heavy atom. The standard InChI is InChI=1S/C23H31N3O3S/c1-18-7-13-22(14-8-18)30(28,29)26-17-21-11-9-20(10-12-21)16-25-23(27)24-15-19-5-3-2-4-6-19/h2-8,13-14,20-21,26H,9-12,15-17H2,1H3,(H2,24,25,27). The van der Waals surface area contributed by atoms with Crippen LogP contribution in [0.25, 0.3) is 0 Å². The molecule has 1 fully saturated rings. The summed E-state index contributed by atoms with van der Waals surface area (Å²) in [6, 6.07) is 16.6. The molecule has 2 amide bonds. The van der Waals surface area contributed by atoms with Crippen LogP contribution in [-0.2, 0) is 16.6 Å². The number of amides is 2. The van der Waals surface area contributed by atoms with E-state index in [9.17, 15) is 13.2 Å². The van der Waals surface area contributed by atoms with Gasteiger partial charge in [0.1, 0.15) is 0 Å². The van der Waals surface area contributed by atoms with E-state index in [1.165, 1.54) is 0 Å². The first-order valence-corrected chi connectivity index (χ1v) is 12.0. The van der Waals surface area contributed by atoms with Gasteiger partial charge in [0.15, 0.2) is 0 Å². The average Bonchev–Trinajstić information content (AvgIpc) is 2.76. The minimum atomic E-state index is -3.46. The number of hydrogen-bond donors (Lipinski definition) is 3. The molecule has 162 valence electrons. The van der Waals surface area contributed by atoms with Crippen molar-refractivity contribution >= 4 is 16.1 Å². The molecule has 0 atom stereocenters. The summed E-state index contributed by atoms with van der Waals surface area (Å²) in [5, 5.41) is 5.83. The number of benzene rings is 2. The van der Waals surface area contributed by atoms with Gasteiger partial charge in [-0.1, -0.05) is 48.0 Å². The monoisotopic (exact) mass is 429 g/mol. The summed E-state index contributed by atoms with van der Waals surface area (Å²) in [7, 11) is -3.46. The molecule has 0 bridgehead atoms. The Labute approximate surface area is 179 Å². The lowest BCUT2D eigenvalue weighted by Gasteiger charge is -2.28. The summed E-state index contributed by atoms with van der Waals surface area (Å²) in [6.45, 7) is 3.57. The van der Waals surface area contributed by atoms with Crippen molar-refractivity contribution in [2.75, 3.05) is 13.1 Å². The first kappa shape index (κ1) is 22.3. The van der Waals surface area contributed by atoms with Crippen molar-refractivity contribution in [3.63, 3.8) is 0 Å². The van der Waals surface area contributed by atoms with Gasteiger partial charge in [-0.3, -0.25) is 0 Å². The Hall–Kier alpha value is -2.38. The maximum absolute atomic E-state index is 12.4. The topological polar surface area (TPSA) is 87.3 Å². The number of urea groups is 1. The van der Waals surface area contributed by atoms with Gasteiger partial charge in [0.05, 0.1) is 4.90 Å². The molecule has 0 heterocycles. The van der Waals surface area contributed by atoms with Crippen LogP contribution >= 0.6 is 0 Å². The van der Waals surface area contributed by atoms with Crippen LogP contribution in [0.3, 0.4) is 0 Å². The minimum Gasteiger partial charge on any atom is -0.338 e. The molecular formula is C23H31N3O3S. The molecule has 0 saturated heterocycles. The fourth-order valence-corrected chi connectivity index (χ4v) is 4.86. The van der Waals surface area contributed by atoms with Gasteiger partial charge in [0, 0.05) is 19.6 Å². The fraction of sp³-hybridized carbons (Fsp3) is 0.435. The normalized spacial score (nSPS) is 19.2. The van der Waals surface area contributed by atoms with E-state index in [-0.39, 0.29) is 6.03 Å². The number of carbonyl (C=O) groups is 1. The molecular weight excluding hydrogens is 398 g/mol. The number of rotatable bonds is 8. The molecule has 2 aromatic carbocycles. The lowest BCUT2D eigenvalue weighted by Crippen LogP contribution is -2.39. The van der Waals surface area contributed by atoms with Gasteiger partial charge >= 0.3 is 6.03 Å². The van der Waals surface area contributed by atoms with Gasteiger partial charge in [0.25, 0.3) is 0 Å². The summed E-state index contributed by atoms with van der Waals surface area (Å²) in [5.41, 5.74) is 2.11. The number of carbonyl (C=O) groups excluding carboxylic acids is 1. The highest BCUT2D eigenvalue weighted by atomic mass is 32.2. The predicted octanol–water partition coefficient (Wildman–Crippen LogP) is 3.58. The third-order valence-corrected chi connectivity index (χ3v) is 7.15. The second-order valence-electron chi connectivity index (χ2n) is 8.10. The van der Waals surface area contributed by atoms with Crippen LogP contribution in [0, 0.1) is 18.8 Å². The minimum absolute atomic E-state index is 0.146. The molecule has 0 aromatic heterocycles. The van der Waals surface area contributed by atoms with Gasteiger partial charge in [-0.2, -0.15) is 0 Å². The Morgan fingerprint density at radius 2 is 1.47 bits per heavy atom. The second kappa shape index (κ2) is 10.6. The van der Waals surface area contributed by atoms with Crippen molar-refractivity contribution in [2.45, 2.75) is 44.0 Å². The molecule has 7 heteroatoms. The summed E-state index contributed by atoms with van der Waals surface area (Å²) in [4.78, 5) is 12.3. The van der Waals surface area contributed by atoms with Crippen molar-refractivity contribution in [3.05, 3.63) is 65.7 Å². The molecule has 1 saturated carbocycles. The molecule has 3 rings (SSSR count). The van der Waals surface area contributed by atoms with E-state index in [1.54, 1.807) is 12.1 Å². The second-order valence-corrected chi connectivity index (χ2v) is 9.87. The van der Waals surface area contributed by atoms with Gasteiger partial charge in [-0.05, 0) is 62.1 Å². The highest BCUT2D eigenvalue weighted by Crippen LogP contribution is 2.28. The Bertz CT molecular complexity index is 906. The maximum Gasteiger partial charge on any atom is 0.315 e. The first-order valence-electron chi connectivity index (χ1n) is 10.5. The summed E-state index contributed by atoms with van der Waals surface area (Å²) >= 11 is 0. The Morgan fingerprint density at radius 3 is 2.10 bits per heavy atom. The zero-order valence-corrected chi connectivity index (χ0v) is 18.3. The smallest absolute Gasteiger partial charge is 0.315 e. The van der Waals surface area contributed by atoms with Gasteiger partial charge in [-0.25, -0.2) is 17.9 Å². The van der Waals surface area contributed by atoms with Crippen LogP contribution in [0.2, 0.25) is 0 Å². The molecule has 0 radical (unpaired) electrons. The maximum atomic E-state index is 12.4. The Balaban J connectivity index is 1.33. The van der Waals surface area contributed by atoms with Crippen LogP contribution in [0.15, 0.2) is 59.5 Å². The van der Waals surface area contributed by atoms with E-state index in [0.29, 0.717) is 36.4 Å². The highest BCUT2D eigenvalue weighted by molar-refractivity contribution is 7.89. The lowest BCUT2D eigenvalue weighted by molar-refractivity contribution is 0.230. The van der Waals surface area contributed by atoms with E-state index in [1.807, 2.05) is 49.4 Å². The number of sulfonamides is 1. The van der Waals surface area contributed by atoms with Crippen LogP contribution in [0.5, 0.6) is 0 Å². The van der Waals surface area contributed by atoms with Gasteiger partial charge < -0.3 is 10.6 Å². The first-order chi connectivity index (χ1) is 14.4. The van der Waals surface area contributed by atoms with Gasteiger partial charge in [-0.15, -0.1) is 0 Å². The third kappa shape index (κ3) is 6.85. The van der Waals surface area contributed by atoms with Crippen LogP contribution in [0.1, 0.15) is 36.8 Å². The average molecular weight is 430 g/mol. The van der Waals surface area contributed by atoms with Crippen molar-refractivity contribution in [1.82, 2.24) is 15.4 Å². The molecule has 0 aliphatic heterocycles. The van der Waals surface area contributed by atoms with Crippen molar-refractivity contribution in [1.29, 1.82) is 0 Å². The number of aryl methyl sites for hydroxylation is 1. The van der Waals surface area contributed by atoms with Crippen LogP contribution < -0.4 is 15.4 Å². The van der Waals surface area contributed by atoms with E-state index >= 15 is 0 Å². The zero-order chi connectivity index (χ0) is 21.4. The van der Waals surface area contributed by atoms with Crippen LogP contribution in [-0.4, -0.2) is 27.5 Å².